The van der Waals surface area contributed by atoms with E-state index in [1.165, 1.54) is 0 Å². The zero-order valence-electron chi connectivity index (χ0n) is 14.8. The van der Waals surface area contributed by atoms with E-state index in [-0.39, 0.29) is 17.4 Å². The van der Waals surface area contributed by atoms with Crippen LogP contribution in [-0.2, 0) is 31.0 Å². The van der Waals surface area contributed by atoms with Crippen LogP contribution in [0.25, 0.3) is 0 Å². The van der Waals surface area contributed by atoms with E-state index in [9.17, 15) is 9.46 Å². The van der Waals surface area contributed by atoms with Gasteiger partial charge in [0.15, 0.2) is 0 Å². The Bertz CT molecular complexity index is 265. The fraction of sp³-hybridized carbons (Fsp3) is 1.00. The van der Waals surface area contributed by atoms with Gasteiger partial charge in [0.2, 0.25) is 0 Å². The zero-order chi connectivity index (χ0) is 16.1. The van der Waals surface area contributed by atoms with Crippen LogP contribution in [0.1, 0.15) is 79.1 Å². The van der Waals surface area contributed by atoms with Gasteiger partial charge in [0.05, 0.1) is 13.2 Å². The third-order valence-corrected chi connectivity index (χ3v) is 4.98. The summed E-state index contributed by atoms with van der Waals surface area (Å²) in [4.78, 5) is 9.77. The Balaban J connectivity index is 0. The minimum absolute atomic E-state index is 0. The standard InChI is InChI=1S/C16H35O4P.Cr/c1-5-9-11-15(7-3)13-19-21(17,18)20-14-16(8-4)12-10-6-2;/h15-16H,5-14H2,1-4H3,(H,17,18);. The van der Waals surface area contributed by atoms with E-state index in [1.807, 2.05) is 0 Å². The van der Waals surface area contributed by atoms with Gasteiger partial charge in [-0.3, -0.25) is 9.05 Å². The maximum atomic E-state index is 11.9. The normalized spacial score (nSPS) is 16.6. The largest absolute Gasteiger partial charge is 0.472 e. The Morgan fingerprint density at radius 3 is 1.50 bits per heavy atom. The van der Waals surface area contributed by atoms with Gasteiger partial charge < -0.3 is 4.89 Å². The van der Waals surface area contributed by atoms with Gasteiger partial charge in [-0.1, -0.05) is 66.2 Å². The Hall–Kier alpha value is 0.642. The predicted octanol–water partition coefficient (Wildman–Crippen LogP) is 5.55. The van der Waals surface area contributed by atoms with Crippen molar-refractivity contribution in [3.63, 3.8) is 0 Å². The van der Waals surface area contributed by atoms with E-state index < -0.39 is 7.82 Å². The number of rotatable bonds is 14. The minimum Gasteiger partial charge on any atom is -0.302 e. The van der Waals surface area contributed by atoms with Crippen molar-refractivity contribution in [1.82, 2.24) is 0 Å². The molecule has 4 nitrogen and oxygen atoms in total. The van der Waals surface area contributed by atoms with Crippen molar-refractivity contribution < 1.29 is 35.9 Å². The second kappa shape index (κ2) is 15.2. The van der Waals surface area contributed by atoms with Crippen LogP contribution in [-0.4, -0.2) is 18.1 Å². The van der Waals surface area contributed by atoms with Gasteiger partial charge in [0, 0.05) is 17.4 Å². The van der Waals surface area contributed by atoms with E-state index in [1.54, 1.807) is 0 Å². The van der Waals surface area contributed by atoms with Crippen LogP contribution in [0.5, 0.6) is 0 Å². The summed E-state index contributed by atoms with van der Waals surface area (Å²) in [5.74, 6) is 0.687. The van der Waals surface area contributed by atoms with Crippen molar-refractivity contribution in [2.24, 2.45) is 11.8 Å². The molecule has 0 aliphatic rings. The molecule has 0 aliphatic heterocycles. The molecule has 2 atom stereocenters. The molecule has 2 unspecified atom stereocenters. The summed E-state index contributed by atoms with van der Waals surface area (Å²) in [5.41, 5.74) is 0. The molecule has 0 fully saturated rings. The summed E-state index contributed by atoms with van der Waals surface area (Å²) >= 11 is 0. The topological polar surface area (TPSA) is 55.8 Å². The van der Waals surface area contributed by atoms with Crippen LogP contribution >= 0.6 is 7.82 Å². The van der Waals surface area contributed by atoms with Gasteiger partial charge in [-0.2, -0.15) is 0 Å². The van der Waals surface area contributed by atoms with Crippen LogP contribution in [0.3, 0.4) is 0 Å². The van der Waals surface area contributed by atoms with Gasteiger partial charge in [0.25, 0.3) is 0 Å². The second-order valence-electron chi connectivity index (χ2n) is 5.89. The summed E-state index contributed by atoms with van der Waals surface area (Å²) in [5, 5.41) is 0. The van der Waals surface area contributed by atoms with Gasteiger partial charge >= 0.3 is 7.82 Å². The number of hydrogen-bond acceptors (Lipinski definition) is 3. The molecule has 0 saturated carbocycles. The first-order valence-corrected chi connectivity index (χ1v) is 10.1. The second-order valence-corrected chi connectivity index (χ2v) is 7.35. The molecular formula is C16H35CrO4P. The molecule has 0 aromatic rings. The summed E-state index contributed by atoms with van der Waals surface area (Å²) < 4.78 is 22.2. The molecule has 0 spiro atoms. The van der Waals surface area contributed by atoms with Gasteiger partial charge in [-0.15, -0.1) is 0 Å². The molecule has 22 heavy (non-hydrogen) atoms. The molecule has 0 rings (SSSR count). The molecule has 6 heteroatoms. The van der Waals surface area contributed by atoms with Gasteiger partial charge in [-0.05, 0) is 24.7 Å². The molecule has 0 aromatic carbocycles. The van der Waals surface area contributed by atoms with Crippen LogP contribution < -0.4 is 0 Å². The third-order valence-electron chi connectivity index (χ3n) is 4.03. The van der Waals surface area contributed by atoms with Crippen molar-refractivity contribution in [1.29, 1.82) is 0 Å². The first kappa shape index (κ1) is 24.9. The first-order valence-electron chi connectivity index (χ1n) is 8.60. The molecule has 0 bridgehead atoms. The van der Waals surface area contributed by atoms with Gasteiger partial charge in [0.1, 0.15) is 0 Å². The number of hydrogen-bond donors (Lipinski definition) is 1. The first-order chi connectivity index (χ1) is 9.99. The molecule has 0 aromatic heterocycles. The van der Waals surface area contributed by atoms with Gasteiger partial charge in [-0.25, -0.2) is 4.57 Å². The third kappa shape index (κ3) is 13.1. The average molecular weight is 374 g/mol. The maximum absolute atomic E-state index is 11.9. The van der Waals surface area contributed by atoms with Crippen LogP contribution in [0, 0.1) is 11.8 Å². The van der Waals surface area contributed by atoms with Crippen molar-refractivity contribution in [3.8, 4) is 0 Å². The van der Waals surface area contributed by atoms with Crippen molar-refractivity contribution in [2.45, 2.75) is 79.1 Å². The molecule has 0 heterocycles. The quantitative estimate of drug-likeness (QED) is 0.405. The van der Waals surface area contributed by atoms with Crippen molar-refractivity contribution >= 4 is 7.82 Å². The van der Waals surface area contributed by atoms with Crippen LogP contribution in [0.15, 0.2) is 0 Å². The molecular weight excluding hydrogens is 339 g/mol. The summed E-state index contributed by atoms with van der Waals surface area (Å²) in [6.45, 7) is 9.10. The van der Waals surface area contributed by atoms with Crippen LogP contribution in [0.2, 0.25) is 0 Å². The van der Waals surface area contributed by atoms with E-state index in [4.69, 9.17) is 9.05 Å². The molecule has 0 amide bonds. The fourth-order valence-electron chi connectivity index (χ4n) is 2.23. The molecule has 0 saturated heterocycles. The predicted molar refractivity (Wildman–Crippen MR) is 88.3 cm³/mol. The van der Waals surface area contributed by atoms with Crippen LogP contribution in [0.4, 0.5) is 0 Å². The summed E-state index contributed by atoms with van der Waals surface area (Å²) in [6.07, 6.45) is 8.56. The summed E-state index contributed by atoms with van der Waals surface area (Å²) in [7, 11) is -3.89. The smallest absolute Gasteiger partial charge is 0.302 e. The Morgan fingerprint density at radius 1 is 0.864 bits per heavy atom. The van der Waals surface area contributed by atoms with E-state index in [2.05, 4.69) is 27.7 Å². The Morgan fingerprint density at radius 2 is 1.23 bits per heavy atom. The number of phosphoric ester groups is 1. The molecule has 0 radical (unpaired) electrons. The Kier molecular flexibility index (Phi) is 17.2. The average Bonchev–Trinajstić information content (AvgIpc) is 2.47. The Labute approximate surface area is 148 Å². The van der Waals surface area contributed by atoms with Crippen molar-refractivity contribution in [3.05, 3.63) is 0 Å². The van der Waals surface area contributed by atoms with Crippen molar-refractivity contribution in [2.75, 3.05) is 13.2 Å². The van der Waals surface area contributed by atoms with E-state index >= 15 is 0 Å². The molecule has 134 valence electrons. The summed E-state index contributed by atoms with van der Waals surface area (Å²) in [6, 6.07) is 0. The monoisotopic (exact) mass is 374 g/mol. The maximum Gasteiger partial charge on any atom is 0.472 e. The minimum atomic E-state index is -3.89. The fourth-order valence-corrected chi connectivity index (χ4v) is 3.11. The molecule has 1 N–H and O–H groups in total. The van der Waals surface area contributed by atoms with E-state index in [0.29, 0.717) is 25.0 Å². The number of phosphoric acid groups is 1. The zero-order valence-corrected chi connectivity index (χ0v) is 16.9. The number of unbranched alkanes of at least 4 members (excludes halogenated alkanes) is 2. The molecule has 0 aliphatic carbocycles. The van der Waals surface area contributed by atoms with E-state index in [0.717, 1.165) is 51.4 Å². The SMILES string of the molecule is CCCCC(CC)COP(=O)(O)OCC(CC)CCCC.[Cr].